The minimum absolute atomic E-state index is 0. The first-order valence-electron chi connectivity index (χ1n) is 19.8. The maximum atomic E-state index is 12.2. The van der Waals surface area contributed by atoms with Crippen LogP contribution in [0.4, 0.5) is 0 Å². The summed E-state index contributed by atoms with van der Waals surface area (Å²) in [5, 5.41) is 10.1. The summed E-state index contributed by atoms with van der Waals surface area (Å²) in [4.78, 5) is 17.4. The molecule has 1 N–H and O–H groups in total. The van der Waals surface area contributed by atoms with E-state index in [1.807, 2.05) is 41.5 Å². The van der Waals surface area contributed by atoms with E-state index in [9.17, 15) is 9.90 Å². The van der Waals surface area contributed by atoms with Crippen molar-refractivity contribution in [2.75, 3.05) is 0 Å². The molecule has 6 heteroatoms. The van der Waals surface area contributed by atoms with Gasteiger partial charge in [-0.2, -0.15) is 0 Å². The fourth-order valence-corrected chi connectivity index (χ4v) is 7.86. The van der Waals surface area contributed by atoms with Gasteiger partial charge in [0.25, 0.3) is 0 Å². The molecule has 0 atom stereocenters. The van der Waals surface area contributed by atoms with Crippen molar-refractivity contribution < 1.29 is 30.0 Å². The molecule has 0 aliphatic carbocycles. The molecule has 1 aliphatic rings. The first-order valence-corrected chi connectivity index (χ1v) is 19.8. The molecule has 0 unspecified atom stereocenters. The topological polar surface area (TPSA) is 55.1 Å². The summed E-state index contributed by atoms with van der Waals surface area (Å²) in [6.07, 6.45) is 4.75. The van der Waals surface area contributed by atoms with Gasteiger partial charge in [0.15, 0.2) is 5.78 Å². The standard InChI is InChI=1S/C33H32BN2.C15H28O2.Ir/c1-20(2)25-11-9-12-26(21(3)4)31(25)34-27-13-7-8-16-30(27)36-32-28(34)14-10-15-29(32)35-33(36)24-18-22(5)17-23(6)19-24;1-7-14(5,8-2)12(16)11-13(17)15(6,9-3)10-4;/h7-18,20-21H,1-6H3;11,16H,7-10H2,1-6H3;/q-1;;/b;12-11-;. The van der Waals surface area contributed by atoms with Crippen LogP contribution in [-0.2, 0) is 24.9 Å². The van der Waals surface area contributed by atoms with Gasteiger partial charge in [-0.05, 0) is 71.7 Å². The van der Waals surface area contributed by atoms with Crippen molar-refractivity contribution in [3.8, 4) is 17.1 Å². The third kappa shape index (κ3) is 8.12. The Kier molecular flexibility index (Phi) is 13.8. The van der Waals surface area contributed by atoms with E-state index in [1.165, 1.54) is 50.4 Å². The number of nitrogens with zero attached hydrogens (tertiary/aromatic N) is 2. The second-order valence-corrected chi connectivity index (χ2v) is 16.3. The number of allylic oxidation sites excluding steroid dienone is 2. The third-order valence-electron chi connectivity index (χ3n) is 12.2. The fraction of sp³-hybridized carbons (Fsp3) is 0.417. The Morgan fingerprint density at radius 2 is 1.37 bits per heavy atom. The summed E-state index contributed by atoms with van der Waals surface area (Å²) in [6, 6.07) is 30.4. The number of rotatable bonds is 11. The van der Waals surface area contributed by atoms with Crippen LogP contribution in [0.1, 0.15) is 129 Å². The average molecular weight is 900 g/mol. The molecule has 0 fully saturated rings. The molecular formula is C48H60BIrN2O2-. The Bertz CT molecular complexity index is 2090. The Balaban J connectivity index is 0.000000309. The zero-order valence-corrected chi connectivity index (χ0v) is 37.0. The smallest absolute Gasteiger partial charge is 0.247 e. The second-order valence-electron chi connectivity index (χ2n) is 16.3. The number of hydrogen-bond acceptors (Lipinski definition) is 3. The monoisotopic (exact) mass is 900 g/mol. The van der Waals surface area contributed by atoms with Crippen LogP contribution in [0.5, 0.6) is 0 Å². The summed E-state index contributed by atoms with van der Waals surface area (Å²) in [6.45, 7) is 25.8. The first kappa shape index (κ1) is 43.0. The largest absolute Gasteiger partial charge is 0.512 e. The summed E-state index contributed by atoms with van der Waals surface area (Å²) < 4.78 is 2.38. The number of aliphatic hydroxyl groups excluding tert-OH is 1. The van der Waals surface area contributed by atoms with Crippen molar-refractivity contribution in [1.29, 1.82) is 0 Å². The molecule has 1 aliphatic heterocycles. The van der Waals surface area contributed by atoms with Gasteiger partial charge in [0.05, 0.1) is 16.9 Å². The van der Waals surface area contributed by atoms with E-state index in [2.05, 4.69) is 125 Å². The predicted molar refractivity (Wildman–Crippen MR) is 227 cm³/mol. The van der Waals surface area contributed by atoms with Gasteiger partial charge < -0.3 is 9.67 Å². The molecule has 0 spiro atoms. The zero-order valence-electron chi connectivity index (χ0n) is 34.6. The van der Waals surface area contributed by atoms with E-state index < -0.39 is 0 Å². The van der Waals surface area contributed by atoms with Gasteiger partial charge in [-0.1, -0.05) is 137 Å². The van der Waals surface area contributed by atoms with Crippen LogP contribution < -0.4 is 16.4 Å². The van der Waals surface area contributed by atoms with Crippen LogP contribution >= 0.6 is 0 Å². The molecule has 6 rings (SSSR count). The Hall–Kier alpha value is -3.73. The van der Waals surface area contributed by atoms with Crippen LogP contribution in [0.25, 0.3) is 28.1 Å². The van der Waals surface area contributed by atoms with Gasteiger partial charge in [-0.3, -0.25) is 9.78 Å². The van der Waals surface area contributed by atoms with Crippen LogP contribution in [-0.4, -0.2) is 27.2 Å². The van der Waals surface area contributed by atoms with Crippen molar-refractivity contribution in [1.82, 2.24) is 9.55 Å². The number of aromatic nitrogens is 2. The number of aliphatic hydroxyl groups is 1. The maximum Gasteiger partial charge on any atom is 0.247 e. The second kappa shape index (κ2) is 17.4. The number of aryl methyl sites for hydroxylation is 2. The van der Waals surface area contributed by atoms with E-state index in [-0.39, 0.29) is 49.2 Å². The molecule has 0 bridgehead atoms. The molecule has 287 valence electrons. The van der Waals surface area contributed by atoms with Gasteiger partial charge in [0.2, 0.25) is 6.71 Å². The van der Waals surface area contributed by atoms with Crippen molar-refractivity contribution in [2.45, 2.75) is 121 Å². The van der Waals surface area contributed by atoms with Crippen LogP contribution in [0.3, 0.4) is 0 Å². The number of carbonyl (C=O) groups is 1. The molecule has 5 aromatic rings. The van der Waals surface area contributed by atoms with Crippen LogP contribution in [0.15, 0.2) is 84.6 Å². The van der Waals surface area contributed by atoms with Gasteiger partial charge in [-0.25, -0.2) is 0 Å². The quantitative estimate of drug-likeness (QED) is 0.0610. The Morgan fingerprint density at radius 3 is 1.93 bits per heavy atom. The Morgan fingerprint density at radius 1 is 0.815 bits per heavy atom. The molecule has 1 aromatic heterocycles. The number of hydrogen-bond donors (Lipinski definition) is 1. The number of para-hydroxylation sites is 2. The van der Waals surface area contributed by atoms with Gasteiger partial charge in [0, 0.05) is 42.7 Å². The molecule has 4 nitrogen and oxygen atoms in total. The van der Waals surface area contributed by atoms with E-state index in [0.717, 1.165) is 48.2 Å². The van der Waals surface area contributed by atoms with E-state index in [0.29, 0.717) is 11.8 Å². The molecule has 0 saturated carbocycles. The van der Waals surface area contributed by atoms with Gasteiger partial charge in [-0.15, -0.1) is 34.9 Å². The number of benzene rings is 4. The van der Waals surface area contributed by atoms with Crippen molar-refractivity contribution in [2.24, 2.45) is 10.8 Å². The fourth-order valence-electron chi connectivity index (χ4n) is 7.86. The minimum atomic E-state index is -0.337. The Labute approximate surface area is 339 Å². The normalized spacial score (nSPS) is 12.8. The summed E-state index contributed by atoms with van der Waals surface area (Å²) in [5.41, 5.74) is 13.3. The number of carbonyl (C=O) groups excluding carboxylic acids is 1. The molecule has 2 heterocycles. The molecular weight excluding hydrogens is 840 g/mol. The summed E-state index contributed by atoms with van der Waals surface area (Å²) in [5.74, 6) is 2.14. The van der Waals surface area contributed by atoms with Crippen LogP contribution in [0, 0.1) is 30.7 Å². The van der Waals surface area contributed by atoms with Crippen LogP contribution in [0.2, 0.25) is 0 Å². The molecule has 0 saturated heterocycles. The van der Waals surface area contributed by atoms with Gasteiger partial charge in [0.1, 0.15) is 5.76 Å². The SMILES string of the molecule is CCC(C)(CC)C(=O)/C=C(\O)C(C)(CC)CC.Cc1[c-]c(-c2nc3cccc4c3n2-c2ccccc2B4c2c(C(C)C)cccc2C(C)C)cc(C)c1.[Ir]. The van der Waals surface area contributed by atoms with Crippen molar-refractivity contribution >= 4 is 39.9 Å². The summed E-state index contributed by atoms with van der Waals surface area (Å²) in [7, 11) is 0. The molecule has 4 aromatic carbocycles. The van der Waals surface area contributed by atoms with Crippen molar-refractivity contribution in [3.05, 3.63) is 113 Å². The maximum absolute atomic E-state index is 12.2. The molecule has 1 radical (unpaired) electrons. The number of ketones is 1. The molecule has 54 heavy (non-hydrogen) atoms. The number of imidazole rings is 1. The predicted octanol–water partition coefficient (Wildman–Crippen LogP) is 10.8. The zero-order chi connectivity index (χ0) is 38.8. The van der Waals surface area contributed by atoms with E-state index in [4.69, 9.17) is 4.98 Å². The minimum Gasteiger partial charge on any atom is -0.512 e. The average Bonchev–Trinajstić information content (AvgIpc) is 3.55. The van der Waals surface area contributed by atoms with Crippen molar-refractivity contribution in [3.63, 3.8) is 0 Å². The number of fused-ring (bicyclic) bond motifs is 2. The van der Waals surface area contributed by atoms with Gasteiger partial charge >= 0.3 is 0 Å². The van der Waals surface area contributed by atoms with E-state index in [1.54, 1.807) is 0 Å². The summed E-state index contributed by atoms with van der Waals surface area (Å²) >= 11 is 0. The van der Waals surface area contributed by atoms with E-state index >= 15 is 0 Å². The third-order valence-corrected chi connectivity index (χ3v) is 12.2. The first-order chi connectivity index (χ1) is 25.1. The molecule has 0 amide bonds.